The Morgan fingerprint density at radius 1 is 1.24 bits per heavy atom. The Hall–Kier alpha value is -2.04. The van der Waals surface area contributed by atoms with E-state index in [9.17, 15) is 9.59 Å². The Labute approximate surface area is 124 Å². The number of carboxylic acids is 1. The molecular formula is C16H22N2O3. The van der Waals surface area contributed by atoms with Gasteiger partial charge in [0.2, 0.25) is 0 Å². The fourth-order valence-electron chi connectivity index (χ4n) is 2.37. The van der Waals surface area contributed by atoms with Crippen LogP contribution in [0.2, 0.25) is 0 Å². The van der Waals surface area contributed by atoms with Crippen LogP contribution in [-0.2, 0) is 11.2 Å². The van der Waals surface area contributed by atoms with Crippen molar-refractivity contribution in [2.45, 2.75) is 45.1 Å². The van der Waals surface area contributed by atoms with E-state index in [1.54, 1.807) is 12.1 Å². The van der Waals surface area contributed by atoms with Crippen molar-refractivity contribution in [3.63, 3.8) is 0 Å². The summed E-state index contributed by atoms with van der Waals surface area (Å²) in [6.45, 7) is 4.08. The maximum atomic E-state index is 12.0. The van der Waals surface area contributed by atoms with E-state index in [2.05, 4.69) is 10.6 Å². The van der Waals surface area contributed by atoms with Crippen molar-refractivity contribution in [2.24, 2.45) is 5.92 Å². The monoisotopic (exact) mass is 290 g/mol. The predicted molar refractivity (Wildman–Crippen MR) is 81.4 cm³/mol. The zero-order chi connectivity index (χ0) is 15.5. The average molecular weight is 290 g/mol. The lowest BCUT2D eigenvalue weighted by molar-refractivity contribution is -0.136. The Morgan fingerprint density at radius 2 is 1.86 bits per heavy atom. The molecule has 0 aromatic heterocycles. The zero-order valence-corrected chi connectivity index (χ0v) is 12.5. The van der Waals surface area contributed by atoms with Gasteiger partial charge in [-0.2, -0.15) is 0 Å². The van der Waals surface area contributed by atoms with Gasteiger partial charge in [-0.15, -0.1) is 0 Å². The van der Waals surface area contributed by atoms with Crippen LogP contribution in [0.15, 0.2) is 24.3 Å². The Kier molecular flexibility index (Phi) is 4.50. The highest BCUT2D eigenvalue weighted by Crippen LogP contribution is 2.39. The molecule has 0 radical (unpaired) electrons. The summed E-state index contributed by atoms with van der Waals surface area (Å²) in [5, 5.41) is 14.4. The number of urea groups is 1. The molecule has 0 bridgehead atoms. The van der Waals surface area contributed by atoms with E-state index in [-0.39, 0.29) is 18.0 Å². The van der Waals surface area contributed by atoms with Crippen molar-refractivity contribution in [1.29, 1.82) is 0 Å². The summed E-state index contributed by atoms with van der Waals surface area (Å²) in [5.41, 5.74) is 1.48. The number of hydrogen-bond acceptors (Lipinski definition) is 2. The molecule has 3 N–H and O–H groups in total. The molecule has 0 saturated heterocycles. The molecule has 1 aromatic carbocycles. The third-order valence-electron chi connectivity index (χ3n) is 3.87. The summed E-state index contributed by atoms with van der Waals surface area (Å²) in [4.78, 5) is 22.5. The number of carbonyl (C=O) groups excluding carboxylic acids is 1. The van der Waals surface area contributed by atoms with Crippen LogP contribution in [0.25, 0.3) is 0 Å². The molecule has 2 rings (SSSR count). The first-order chi connectivity index (χ1) is 9.87. The summed E-state index contributed by atoms with van der Waals surface area (Å²) in [7, 11) is 0. The average Bonchev–Trinajstić information content (AvgIpc) is 3.21. The molecule has 0 aliphatic heterocycles. The lowest BCUT2D eigenvalue weighted by Gasteiger charge is -2.26. The van der Waals surface area contributed by atoms with Crippen molar-refractivity contribution in [3.8, 4) is 0 Å². The van der Waals surface area contributed by atoms with Crippen molar-refractivity contribution < 1.29 is 14.7 Å². The second kappa shape index (κ2) is 6.16. The molecular weight excluding hydrogens is 268 g/mol. The van der Waals surface area contributed by atoms with Gasteiger partial charge in [0.1, 0.15) is 0 Å². The van der Waals surface area contributed by atoms with Crippen molar-refractivity contribution in [2.75, 3.05) is 5.32 Å². The van der Waals surface area contributed by atoms with E-state index in [4.69, 9.17) is 5.11 Å². The van der Waals surface area contributed by atoms with Gasteiger partial charge in [-0.05, 0) is 56.7 Å². The van der Waals surface area contributed by atoms with Gasteiger partial charge in [-0.25, -0.2) is 4.79 Å². The van der Waals surface area contributed by atoms with E-state index < -0.39 is 5.97 Å². The minimum Gasteiger partial charge on any atom is -0.481 e. The third-order valence-corrected chi connectivity index (χ3v) is 3.87. The Balaban J connectivity index is 1.84. The van der Waals surface area contributed by atoms with E-state index >= 15 is 0 Å². The third kappa shape index (κ3) is 4.77. The largest absolute Gasteiger partial charge is 0.481 e. The number of benzene rings is 1. The smallest absolute Gasteiger partial charge is 0.319 e. The first-order valence-electron chi connectivity index (χ1n) is 7.27. The van der Waals surface area contributed by atoms with Crippen LogP contribution in [0.4, 0.5) is 10.5 Å². The molecule has 1 fully saturated rings. The highest BCUT2D eigenvalue weighted by atomic mass is 16.4. The van der Waals surface area contributed by atoms with Crippen LogP contribution in [0.1, 0.15) is 38.7 Å². The fourth-order valence-corrected chi connectivity index (χ4v) is 2.37. The molecule has 2 amide bonds. The van der Waals surface area contributed by atoms with Crippen LogP contribution >= 0.6 is 0 Å². The van der Waals surface area contributed by atoms with Crippen molar-refractivity contribution in [1.82, 2.24) is 5.32 Å². The molecule has 0 unspecified atom stereocenters. The van der Waals surface area contributed by atoms with Crippen LogP contribution in [0.3, 0.4) is 0 Å². The molecule has 1 aromatic rings. The lowest BCUT2D eigenvalue weighted by Crippen LogP contribution is -2.47. The molecule has 0 heterocycles. The van der Waals surface area contributed by atoms with Gasteiger partial charge in [0.15, 0.2) is 0 Å². The number of anilines is 1. The maximum absolute atomic E-state index is 12.0. The molecule has 21 heavy (non-hydrogen) atoms. The standard InChI is InChI=1S/C16H22N2O3/c1-16(2,12-6-7-12)18-15(21)17-13-8-3-11(4-9-13)5-10-14(19)20/h3-4,8-9,12H,5-7,10H2,1-2H3,(H,19,20)(H2,17,18,21). The molecule has 114 valence electrons. The quantitative estimate of drug-likeness (QED) is 0.753. The predicted octanol–water partition coefficient (Wildman–Crippen LogP) is 3.01. The van der Waals surface area contributed by atoms with E-state index in [1.807, 2.05) is 26.0 Å². The SMILES string of the molecule is CC(C)(NC(=O)Nc1ccc(CCC(=O)O)cc1)C1CC1. The normalized spacial score (nSPS) is 14.6. The number of amides is 2. The molecule has 5 heteroatoms. The summed E-state index contributed by atoms with van der Waals surface area (Å²) in [6, 6.07) is 7.06. The number of nitrogens with one attached hydrogen (secondary N) is 2. The van der Waals surface area contributed by atoms with Crippen LogP contribution in [0, 0.1) is 5.92 Å². The Morgan fingerprint density at radius 3 is 2.38 bits per heavy atom. The van der Waals surface area contributed by atoms with Crippen molar-refractivity contribution in [3.05, 3.63) is 29.8 Å². The Bertz CT molecular complexity index is 519. The number of aryl methyl sites for hydroxylation is 1. The highest BCUT2D eigenvalue weighted by molar-refractivity contribution is 5.89. The van der Waals surface area contributed by atoms with Crippen molar-refractivity contribution >= 4 is 17.7 Å². The summed E-state index contributed by atoms with van der Waals surface area (Å²) in [5.74, 6) is -0.236. The van der Waals surface area contributed by atoms with Gasteiger partial charge in [0.25, 0.3) is 0 Å². The van der Waals surface area contributed by atoms with Gasteiger partial charge in [0.05, 0.1) is 0 Å². The molecule has 1 saturated carbocycles. The van der Waals surface area contributed by atoms with Gasteiger partial charge in [-0.1, -0.05) is 12.1 Å². The van der Waals surface area contributed by atoms with E-state index in [1.165, 1.54) is 12.8 Å². The van der Waals surface area contributed by atoms with Gasteiger partial charge in [-0.3, -0.25) is 4.79 Å². The number of aliphatic carboxylic acids is 1. The minimum atomic E-state index is -0.807. The summed E-state index contributed by atoms with van der Waals surface area (Å²) >= 11 is 0. The molecule has 0 atom stereocenters. The summed E-state index contributed by atoms with van der Waals surface area (Å²) in [6.07, 6.45) is 2.95. The number of carbonyl (C=O) groups is 2. The van der Waals surface area contributed by atoms with Gasteiger partial charge in [0, 0.05) is 17.6 Å². The lowest BCUT2D eigenvalue weighted by atomic mass is 9.99. The molecule has 1 aliphatic carbocycles. The topological polar surface area (TPSA) is 78.4 Å². The molecule has 1 aliphatic rings. The second-order valence-electron chi connectivity index (χ2n) is 6.17. The van der Waals surface area contributed by atoms with Crippen LogP contribution in [-0.4, -0.2) is 22.6 Å². The first-order valence-corrected chi connectivity index (χ1v) is 7.27. The zero-order valence-electron chi connectivity index (χ0n) is 12.5. The minimum absolute atomic E-state index is 0.114. The van der Waals surface area contributed by atoms with Crippen LogP contribution < -0.4 is 10.6 Å². The van der Waals surface area contributed by atoms with Gasteiger partial charge < -0.3 is 15.7 Å². The van der Waals surface area contributed by atoms with E-state index in [0.717, 1.165) is 5.56 Å². The van der Waals surface area contributed by atoms with Gasteiger partial charge >= 0.3 is 12.0 Å². The number of hydrogen-bond donors (Lipinski definition) is 3. The molecule has 5 nitrogen and oxygen atoms in total. The molecule has 0 spiro atoms. The maximum Gasteiger partial charge on any atom is 0.319 e. The number of carboxylic acid groups (broad SMARTS) is 1. The van der Waals surface area contributed by atoms with E-state index in [0.29, 0.717) is 18.0 Å². The first kappa shape index (κ1) is 15.4. The van der Waals surface area contributed by atoms with Crippen LogP contribution in [0.5, 0.6) is 0 Å². The fraction of sp³-hybridized carbons (Fsp3) is 0.500. The second-order valence-corrected chi connectivity index (χ2v) is 6.17. The highest BCUT2D eigenvalue weighted by Gasteiger charge is 2.38. The number of rotatable bonds is 6. The summed E-state index contributed by atoms with van der Waals surface area (Å²) < 4.78 is 0.